The van der Waals surface area contributed by atoms with Crippen LogP contribution in [0.3, 0.4) is 0 Å². The van der Waals surface area contributed by atoms with Crippen molar-refractivity contribution in [3.63, 3.8) is 0 Å². The predicted molar refractivity (Wildman–Crippen MR) is 177 cm³/mol. The molecule has 3 aromatic carbocycles. The van der Waals surface area contributed by atoms with Crippen LogP contribution < -0.4 is 81.2 Å². The molecule has 1 aliphatic carbocycles. The summed E-state index contributed by atoms with van der Waals surface area (Å²) in [5.74, 6) is 4.12. The Bertz CT molecular complexity index is 1510. The smallest absolute Gasteiger partial charge is 1.00 e. The first-order chi connectivity index (χ1) is 20.9. The SMILES string of the molecule is COc1ccc(C)c([Si](c2c(C)ccc(OC)c2OC)(c2c(C)ccc(OC)c2OC)[C]2([Ti+3])C(C)=C(C)C(C)=C2C)c1OC.[Cl-].[Cl-].[Cl-]. The van der Waals surface area contributed by atoms with Gasteiger partial charge >= 0.3 is 277 Å². The molecular formula is C36H45Cl3O6SiTi. The fraction of sp³-hybridized carbons (Fsp3) is 0.389. The van der Waals surface area contributed by atoms with Gasteiger partial charge in [-0.05, 0) is 0 Å². The van der Waals surface area contributed by atoms with Gasteiger partial charge in [-0.3, -0.25) is 0 Å². The average molecular weight is 756 g/mol. The van der Waals surface area contributed by atoms with E-state index in [1.807, 2.05) is 18.2 Å². The molecule has 6 nitrogen and oxygen atoms in total. The molecule has 0 aromatic heterocycles. The third-order valence-electron chi connectivity index (χ3n) is 9.76. The summed E-state index contributed by atoms with van der Waals surface area (Å²) in [5.41, 5.74) is 8.46. The van der Waals surface area contributed by atoms with Gasteiger partial charge in [-0.2, -0.15) is 0 Å². The van der Waals surface area contributed by atoms with Gasteiger partial charge in [0, 0.05) is 0 Å². The first-order valence-corrected chi connectivity index (χ1v) is 17.4. The fourth-order valence-corrected chi connectivity index (χ4v) is 16.8. The standard InChI is InChI=1S/C36H45O6Si.3ClH.Ti/c1-20-14-17-27(37-8)30(40-11)33(20)43(36-25(6)23(4)24(5)26(36)7,34-21(2)15-18-28(38-9)31(34)41-12)35-22(3)16-19-29(39-10)32(35)42-13;;;;/h14-19H,1-13H3;3*1H;/q;;;;+3/p-3. The van der Waals surface area contributed by atoms with Gasteiger partial charge in [0.25, 0.3) is 0 Å². The van der Waals surface area contributed by atoms with Crippen LogP contribution in [-0.2, 0) is 20.4 Å². The molecule has 0 saturated heterocycles. The second-order valence-corrected chi connectivity index (χ2v) is 17.2. The van der Waals surface area contributed by atoms with Gasteiger partial charge in [-0.25, -0.2) is 0 Å². The van der Waals surface area contributed by atoms with Crippen molar-refractivity contribution in [2.45, 2.75) is 51.8 Å². The van der Waals surface area contributed by atoms with Crippen LogP contribution in [0.25, 0.3) is 0 Å². The van der Waals surface area contributed by atoms with E-state index >= 15 is 0 Å². The third-order valence-corrected chi connectivity index (χ3v) is 18.7. The molecule has 0 amide bonds. The summed E-state index contributed by atoms with van der Waals surface area (Å²) in [5, 5.41) is 3.27. The second kappa shape index (κ2) is 16.4. The monoisotopic (exact) mass is 754 g/mol. The Morgan fingerprint density at radius 3 is 0.915 bits per heavy atom. The zero-order valence-electron chi connectivity index (χ0n) is 29.5. The predicted octanol–water partition coefficient (Wildman–Crippen LogP) is -2.92. The average Bonchev–Trinajstić information content (AvgIpc) is 3.18. The summed E-state index contributed by atoms with van der Waals surface area (Å²) in [6, 6.07) is 12.4. The van der Waals surface area contributed by atoms with Gasteiger partial charge in [-0.1, -0.05) is 0 Å². The van der Waals surface area contributed by atoms with E-state index in [4.69, 9.17) is 28.4 Å². The molecule has 3 aromatic rings. The van der Waals surface area contributed by atoms with Gasteiger partial charge in [0.2, 0.25) is 0 Å². The molecule has 0 unspecified atom stereocenters. The first kappa shape index (κ1) is 42.8. The van der Waals surface area contributed by atoms with Crippen molar-refractivity contribution in [3.05, 3.63) is 75.4 Å². The van der Waals surface area contributed by atoms with Crippen molar-refractivity contribution >= 4 is 23.6 Å². The van der Waals surface area contributed by atoms with Crippen molar-refractivity contribution in [1.82, 2.24) is 0 Å². The van der Waals surface area contributed by atoms with Crippen LogP contribution >= 0.6 is 0 Å². The Labute approximate surface area is 312 Å². The molecule has 0 bridgehead atoms. The molecule has 0 N–H and O–H groups in total. The van der Waals surface area contributed by atoms with Crippen molar-refractivity contribution in [2.75, 3.05) is 42.7 Å². The number of rotatable bonds is 10. The summed E-state index contributed by atoms with van der Waals surface area (Å²) >= 11 is 2.40. The molecule has 1 aliphatic rings. The van der Waals surface area contributed by atoms with Gasteiger partial charge in [0.15, 0.2) is 0 Å². The molecule has 4 rings (SSSR count). The quantitative estimate of drug-likeness (QED) is 0.164. The summed E-state index contributed by atoms with van der Waals surface area (Å²) in [6.07, 6.45) is 0. The number of benzene rings is 3. The van der Waals surface area contributed by atoms with Crippen LogP contribution in [0.5, 0.6) is 34.5 Å². The second-order valence-electron chi connectivity index (χ2n) is 11.5. The van der Waals surface area contributed by atoms with E-state index in [1.54, 1.807) is 42.7 Å². The number of allylic oxidation sites excluding steroid dienone is 4. The zero-order valence-corrected chi connectivity index (χ0v) is 34.4. The largest absolute Gasteiger partial charge is 1.00 e. The Hall–Kier alpha value is -2.26. The summed E-state index contributed by atoms with van der Waals surface area (Å²) < 4.78 is 36.7. The zero-order chi connectivity index (χ0) is 32.7. The van der Waals surface area contributed by atoms with Crippen molar-refractivity contribution in [3.8, 4) is 34.5 Å². The van der Waals surface area contributed by atoms with Gasteiger partial charge in [0.05, 0.1) is 0 Å². The molecular weight excluding hydrogens is 711 g/mol. The normalized spacial score (nSPS) is 13.7. The van der Waals surface area contributed by atoms with Gasteiger partial charge < -0.3 is 37.2 Å². The van der Waals surface area contributed by atoms with Crippen LogP contribution in [0.15, 0.2) is 58.7 Å². The molecule has 0 saturated carbocycles. The number of hydrogen-bond donors (Lipinski definition) is 0. The fourth-order valence-electron chi connectivity index (χ4n) is 7.38. The van der Waals surface area contributed by atoms with Crippen LogP contribution in [0.4, 0.5) is 0 Å². The van der Waals surface area contributed by atoms with E-state index in [1.165, 1.54) is 22.3 Å². The first-order valence-electron chi connectivity index (χ1n) is 14.7. The molecule has 0 fully saturated rings. The number of methoxy groups -OCH3 is 6. The maximum atomic E-state index is 6.40. The third kappa shape index (κ3) is 6.10. The Kier molecular flexibility index (Phi) is 14.9. The molecule has 0 heterocycles. The van der Waals surface area contributed by atoms with E-state index in [0.29, 0.717) is 34.5 Å². The van der Waals surface area contributed by atoms with Crippen molar-refractivity contribution in [2.24, 2.45) is 0 Å². The van der Waals surface area contributed by atoms with Crippen LogP contribution in [0, 0.1) is 20.8 Å². The Balaban J connectivity index is 0.00000368. The van der Waals surface area contributed by atoms with Crippen LogP contribution in [-0.4, -0.2) is 50.7 Å². The minimum absolute atomic E-state index is 0. The number of ether oxygens (including phenoxy) is 6. The Morgan fingerprint density at radius 1 is 0.447 bits per heavy atom. The van der Waals surface area contributed by atoms with E-state index in [2.05, 4.69) is 87.1 Å². The van der Waals surface area contributed by atoms with Gasteiger partial charge in [-0.15, -0.1) is 0 Å². The molecule has 0 radical (unpaired) electrons. The number of hydrogen-bond acceptors (Lipinski definition) is 6. The topological polar surface area (TPSA) is 55.4 Å². The number of aryl methyl sites for hydroxylation is 3. The van der Waals surface area contributed by atoms with Crippen LogP contribution in [0.1, 0.15) is 44.4 Å². The maximum absolute atomic E-state index is 6.40. The van der Waals surface area contributed by atoms with Crippen molar-refractivity contribution < 1.29 is 86.1 Å². The summed E-state index contributed by atoms with van der Waals surface area (Å²) in [7, 11) is 6.72. The summed E-state index contributed by atoms with van der Waals surface area (Å²) in [6.45, 7) is 15.5. The molecule has 0 spiro atoms. The van der Waals surface area contributed by atoms with E-state index < -0.39 is 11.4 Å². The maximum Gasteiger partial charge on any atom is -1.00 e. The molecule has 0 atom stereocenters. The van der Waals surface area contributed by atoms with Crippen molar-refractivity contribution in [1.29, 1.82) is 0 Å². The number of halogens is 3. The van der Waals surface area contributed by atoms with E-state index in [9.17, 15) is 0 Å². The minimum Gasteiger partial charge on any atom is -1.00 e. The van der Waals surface area contributed by atoms with Crippen LogP contribution in [0.2, 0.25) is 3.34 Å². The van der Waals surface area contributed by atoms with E-state index in [-0.39, 0.29) is 37.2 Å². The van der Waals surface area contributed by atoms with Gasteiger partial charge in [0.1, 0.15) is 0 Å². The Morgan fingerprint density at radius 2 is 0.702 bits per heavy atom. The molecule has 47 heavy (non-hydrogen) atoms. The van der Waals surface area contributed by atoms with E-state index in [0.717, 1.165) is 32.3 Å². The molecule has 254 valence electrons. The summed E-state index contributed by atoms with van der Waals surface area (Å²) in [4.78, 5) is 0. The minimum atomic E-state index is -3.53. The molecule has 0 aliphatic heterocycles. The molecule has 11 heteroatoms.